The van der Waals surface area contributed by atoms with Crippen LogP contribution in [0.4, 0.5) is 0 Å². The lowest BCUT2D eigenvalue weighted by Gasteiger charge is -2.44. The fraction of sp³-hybridized carbons (Fsp3) is 0.875. The third-order valence-electron chi connectivity index (χ3n) is 7.21. The Morgan fingerprint density at radius 3 is 2.78 bits per heavy atom. The van der Waals surface area contributed by atoms with E-state index in [9.17, 15) is 20.1 Å². The lowest BCUT2D eigenvalue weighted by atomic mass is 9.92. The van der Waals surface area contributed by atoms with E-state index in [0.717, 1.165) is 57.3 Å². The number of aryl methyl sites for hydroxylation is 2. The zero-order valence-corrected chi connectivity index (χ0v) is 23.0. The van der Waals surface area contributed by atoms with Crippen LogP contribution < -0.4 is 10.6 Å². The minimum atomic E-state index is -1.39. The highest BCUT2D eigenvalue weighted by Gasteiger charge is 2.48. The van der Waals surface area contributed by atoms with Crippen LogP contribution in [0.2, 0.25) is 0 Å². The Labute approximate surface area is 222 Å². The molecule has 206 valence electrons. The second kappa shape index (κ2) is 14.3. The van der Waals surface area contributed by atoms with E-state index >= 15 is 0 Å². The average Bonchev–Trinajstić information content (AvgIpc) is 3.16. The maximum Gasteiger partial charge on any atom is 0.237 e. The highest BCUT2D eigenvalue weighted by molar-refractivity contribution is 7.99. The Kier molecular flexibility index (Phi) is 11.7. The predicted molar refractivity (Wildman–Crippen MR) is 140 cm³/mol. The third kappa shape index (κ3) is 7.78. The summed E-state index contributed by atoms with van der Waals surface area (Å²) in [5.41, 5.74) is 0.311. The van der Waals surface area contributed by atoms with E-state index in [0.29, 0.717) is 12.3 Å². The summed E-state index contributed by atoms with van der Waals surface area (Å²) in [5, 5.41) is 45.1. The van der Waals surface area contributed by atoms with Crippen LogP contribution in [-0.4, -0.2) is 96.3 Å². The Morgan fingerprint density at radius 2 is 2.08 bits per heavy atom. The number of halogens is 1. The van der Waals surface area contributed by atoms with Crippen molar-refractivity contribution in [3.8, 4) is 0 Å². The molecule has 0 spiro atoms. The molecule has 0 saturated carbocycles. The quantitative estimate of drug-likeness (QED) is 0.257. The van der Waals surface area contributed by atoms with Crippen LogP contribution in [0.5, 0.6) is 0 Å². The Morgan fingerprint density at radius 1 is 1.31 bits per heavy atom. The standard InChI is InChI=1S/C24H42ClN5O5S/c1-4-6-16-13-30(29-28-16)12-5-7-15-8-9-17(26-11-10-15)23(34)27-18(14(2)25)22-20(32)19(31)21(33)24(35-22)36-3/h13-15,17-22,24,26,31-33H,4-12H2,1-3H3,(H,27,34)/t14-,15-,17-,18+,19-,20+,21+,22?,24+/m0/s1. The van der Waals surface area contributed by atoms with Crippen molar-refractivity contribution >= 4 is 29.3 Å². The van der Waals surface area contributed by atoms with Gasteiger partial charge in [0.15, 0.2) is 0 Å². The molecule has 9 atom stereocenters. The summed E-state index contributed by atoms with van der Waals surface area (Å²) in [6, 6.07) is -1.10. The molecule has 36 heavy (non-hydrogen) atoms. The van der Waals surface area contributed by atoms with E-state index in [-0.39, 0.29) is 11.9 Å². The van der Waals surface area contributed by atoms with Crippen molar-refractivity contribution in [1.82, 2.24) is 25.6 Å². The number of thioether (sulfide) groups is 1. The van der Waals surface area contributed by atoms with Gasteiger partial charge in [-0.15, -0.1) is 28.5 Å². The molecule has 2 fully saturated rings. The molecule has 10 nitrogen and oxygen atoms in total. The summed E-state index contributed by atoms with van der Waals surface area (Å²) in [6.07, 6.45) is 5.59. The molecule has 2 saturated heterocycles. The molecular formula is C24H42ClN5O5S. The number of nitrogens with zero attached hydrogens (tertiary/aromatic N) is 3. The molecule has 12 heteroatoms. The van der Waals surface area contributed by atoms with Crippen LogP contribution in [0.15, 0.2) is 6.20 Å². The Bertz CT molecular complexity index is 816. The molecule has 2 aliphatic heterocycles. The van der Waals surface area contributed by atoms with E-state index in [4.69, 9.17) is 16.3 Å². The van der Waals surface area contributed by atoms with Crippen molar-refractivity contribution in [3.63, 3.8) is 0 Å². The van der Waals surface area contributed by atoms with Crippen molar-refractivity contribution in [2.24, 2.45) is 5.92 Å². The molecular weight excluding hydrogens is 506 g/mol. The molecule has 0 radical (unpaired) electrons. The molecule has 0 aromatic carbocycles. The summed E-state index contributed by atoms with van der Waals surface area (Å²) in [7, 11) is 0. The van der Waals surface area contributed by atoms with Crippen LogP contribution in [0.3, 0.4) is 0 Å². The van der Waals surface area contributed by atoms with Gasteiger partial charge in [0.25, 0.3) is 0 Å². The zero-order valence-electron chi connectivity index (χ0n) is 21.4. The first-order chi connectivity index (χ1) is 17.2. The minimum Gasteiger partial charge on any atom is -0.388 e. The molecule has 2 aliphatic rings. The highest BCUT2D eigenvalue weighted by Crippen LogP contribution is 2.30. The van der Waals surface area contributed by atoms with Crippen LogP contribution in [-0.2, 0) is 22.5 Å². The second-order valence-corrected chi connectivity index (χ2v) is 11.6. The van der Waals surface area contributed by atoms with Gasteiger partial charge in [0.05, 0.1) is 23.2 Å². The first-order valence-corrected chi connectivity index (χ1v) is 14.8. The topological polar surface area (TPSA) is 142 Å². The molecule has 0 bridgehead atoms. The molecule has 1 amide bonds. The fourth-order valence-electron chi connectivity index (χ4n) is 5.07. The first kappa shape index (κ1) is 29.6. The average molecular weight is 548 g/mol. The first-order valence-electron chi connectivity index (χ1n) is 13.0. The molecule has 3 heterocycles. The number of aromatic nitrogens is 3. The number of ether oxygens (including phenoxy) is 1. The Balaban J connectivity index is 1.50. The van der Waals surface area contributed by atoms with Gasteiger partial charge in [0.1, 0.15) is 29.9 Å². The van der Waals surface area contributed by atoms with Crippen LogP contribution in [0.1, 0.15) is 58.1 Å². The highest BCUT2D eigenvalue weighted by atomic mass is 35.5. The fourth-order valence-corrected chi connectivity index (χ4v) is 5.96. The van der Waals surface area contributed by atoms with Gasteiger partial charge in [-0.3, -0.25) is 9.48 Å². The van der Waals surface area contributed by atoms with Crippen molar-refractivity contribution in [3.05, 3.63) is 11.9 Å². The summed E-state index contributed by atoms with van der Waals surface area (Å²) >= 11 is 7.62. The summed E-state index contributed by atoms with van der Waals surface area (Å²) in [6.45, 7) is 5.44. The van der Waals surface area contributed by atoms with E-state index in [2.05, 4.69) is 27.9 Å². The minimum absolute atomic E-state index is 0.198. The molecule has 3 rings (SSSR count). The molecule has 1 unspecified atom stereocenters. The number of amides is 1. The number of nitrogens with one attached hydrogen (secondary N) is 2. The lowest BCUT2D eigenvalue weighted by molar-refractivity contribution is -0.205. The number of rotatable bonds is 11. The van der Waals surface area contributed by atoms with Crippen molar-refractivity contribution < 1.29 is 24.9 Å². The van der Waals surface area contributed by atoms with Gasteiger partial charge in [-0.2, -0.15) is 0 Å². The SMILES string of the molecule is CCCc1cn(CCC[C@@H]2CCN[C@H](C(=O)N[C@@H](C3O[C@H](SC)[C@H](O)[C@@H](O)[C@H]3O)[C@H](C)Cl)CC2)nn1. The number of aliphatic hydroxyl groups excluding tert-OH is 3. The van der Waals surface area contributed by atoms with Crippen molar-refractivity contribution in [2.75, 3.05) is 12.8 Å². The smallest absolute Gasteiger partial charge is 0.237 e. The van der Waals surface area contributed by atoms with E-state index < -0.39 is 41.3 Å². The van der Waals surface area contributed by atoms with E-state index in [1.807, 2.05) is 10.9 Å². The summed E-state index contributed by atoms with van der Waals surface area (Å²) < 4.78 is 7.77. The van der Waals surface area contributed by atoms with Gasteiger partial charge in [0.2, 0.25) is 5.91 Å². The number of hydrogen-bond donors (Lipinski definition) is 5. The predicted octanol–water partition coefficient (Wildman–Crippen LogP) is 1.05. The number of alkyl halides is 1. The van der Waals surface area contributed by atoms with Gasteiger partial charge < -0.3 is 30.7 Å². The van der Waals surface area contributed by atoms with E-state index in [1.165, 1.54) is 11.8 Å². The second-order valence-electron chi connectivity index (χ2n) is 9.99. The molecule has 1 aromatic rings. The maximum absolute atomic E-state index is 13.2. The normalized spacial score (nSPS) is 33.0. The molecule has 1 aromatic heterocycles. The lowest BCUT2D eigenvalue weighted by Crippen LogP contribution is -2.65. The van der Waals surface area contributed by atoms with Crippen molar-refractivity contribution in [2.45, 2.75) is 113 Å². The molecule has 0 aliphatic carbocycles. The van der Waals surface area contributed by atoms with Gasteiger partial charge in [0, 0.05) is 12.7 Å². The number of hydrogen-bond acceptors (Lipinski definition) is 9. The monoisotopic (exact) mass is 547 g/mol. The largest absolute Gasteiger partial charge is 0.388 e. The Hall–Kier alpha value is -0.950. The van der Waals surface area contributed by atoms with E-state index in [1.54, 1.807) is 13.2 Å². The summed E-state index contributed by atoms with van der Waals surface area (Å²) in [5.74, 6) is 0.329. The van der Waals surface area contributed by atoms with Gasteiger partial charge in [-0.05, 0) is 64.2 Å². The zero-order chi connectivity index (χ0) is 26.2. The number of carbonyl (C=O) groups excluding carboxylic acids is 1. The van der Waals surface area contributed by atoms with Crippen LogP contribution in [0.25, 0.3) is 0 Å². The van der Waals surface area contributed by atoms with Crippen molar-refractivity contribution in [1.29, 1.82) is 0 Å². The third-order valence-corrected chi connectivity index (χ3v) is 8.34. The molecule has 5 N–H and O–H groups in total. The van der Waals surface area contributed by atoms with Crippen LogP contribution in [0, 0.1) is 5.92 Å². The number of carbonyl (C=O) groups is 1. The van der Waals surface area contributed by atoms with Gasteiger partial charge in [-0.25, -0.2) is 0 Å². The number of aliphatic hydroxyl groups is 3. The maximum atomic E-state index is 13.2. The van der Waals surface area contributed by atoms with Gasteiger partial charge >= 0.3 is 0 Å². The van der Waals surface area contributed by atoms with Crippen LogP contribution >= 0.6 is 23.4 Å². The van der Waals surface area contributed by atoms with Gasteiger partial charge in [-0.1, -0.05) is 18.6 Å². The summed E-state index contributed by atoms with van der Waals surface area (Å²) in [4.78, 5) is 13.2.